The van der Waals surface area contributed by atoms with Crippen molar-refractivity contribution in [3.05, 3.63) is 11.6 Å². The smallest absolute Gasteiger partial charge is 0.273 e. The molecular formula is C8H9F3N4O. The van der Waals surface area contributed by atoms with Crippen LogP contribution in [0, 0.1) is 0 Å². The Kier molecular flexibility index (Phi) is 2.36. The fraction of sp³-hybridized carbons (Fsp3) is 0.625. The molecule has 0 radical (unpaired) electrons. The topological polar surface area (TPSA) is 59.8 Å². The van der Waals surface area contributed by atoms with Gasteiger partial charge in [0.15, 0.2) is 5.82 Å². The summed E-state index contributed by atoms with van der Waals surface area (Å²) in [5.41, 5.74) is 2.11. The summed E-state index contributed by atoms with van der Waals surface area (Å²) in [4.78, 5) is 11.2. The number of hydrogen-bond donors (Lipinski definition) is 1. The van der Waals surface area contributed by atoms with Gasteiger partial charge in [-0.25, -0.2) is 4.68 Å². The van der Waals surface area contributed by atoms with Gasteiger partial charge in [-0.1, -0.05) is 6.92 Å². The molecular weight excluding hydrogens is 225 g/mol. The van der Waals surface area contributed by atoms with Crippen LogP contribution in [0.3, 0.4) is 0 Å². The number of carbonyl (C=O) groups is 1. The van der Waals surface area contributed by atoms with Gasteiger partial charge in [-0.3, -0.25) is 10.2 Å². The minimum atomic E-state index is -4.62. The average Bonchev–Trinajstić information content (AvgIpc) is 2.58. The van der Waals surface area contributed by atoms with E-state index in [1.54, 1.807) is 6.92 Å². The number of halogens is 3. The first-order chi connectivity index (χ1) is 7.43. The van der Waals surface area contributed by atoms with Crippen molar-refractivity contribution in [3.8, 4) is 0 Å². The molecule has 16 heavy (non-hydrogen) atoms. The average molecular weight is 234 g/mol. The number of fused-ring (bicyclic) bond motifs is 1. The predicted molar refractivity (Wildman–Crippen MR) is 47.0 cm³/mol. The molecule has 8 heteroatoms. The second kappa shape index (κ2) is 3.46. The third-order valence-corrected chi connectivity index (χ3v) is 2.47. The summed E-state index contributed by atoms with van der Waals surface area (Å²) in [5.74, 6) is -1.79. The van der Waals surface area contributed by atoms with Crippen LogP contribution in [0.15, 0.2) is 0 Å². The highest BCUT2D eigenvalue weighted by molar-refractivity contribution is 5.85. The van der Waals surface area contributed by atoms with Crippen molar-refractivity contribution in [1.82, 2.24) is 14.9 Å². The lowest BCUT2D eigenvalue weighted by Gasteiger charge is -2.22. The van der Waals surface area contributed by atoms with Crippen LogP contribution < -0.4 is 5.43 Å². The van der Waals surface area contributed by atoms with Crippen molar-refractivity contribution < 1.29 is 18.0 Å². The lowest BCUT2D eigenvalue weighted by Crippen LogP contribution is -2.35. The Bertz CT molecular complexity index is 425. The summed E-state index contributed by atoms with van der Waals surface area (Å²) >= 11 is 0. The highest BCUT2D eigenvalue weighted by Gasteiger charge is 2.41. The lowest BCUT2D eigenvalue weighted by atomic mass is 10.0. The van der Waals surface area contributed by atoms with Crippen LogP contribution in [0.1, 0.15) is 37.3 Å². The molecule has 0 fully saturated rings. The minimum absolute atomic E-state index is 0.145. The van der Waals surface area contributed by atoms with Gasteiger partial charge >= 0.3 is 6.18 Å². The van der Waals surface area contributed by atoms with Gasteiger partial charge in [0.1, 0.15) is 0 Å². The Labute approximate surface area is 88.6 Å². The van der Waals surface area contributed by atoms with Crippen LogP contribution in [-0.4, -0.2) is 20.8 Å². The number of nitrogens with zero attached hydrogens (tertiary/aromatic N) is 3. The first kappa shape index (κ1) is 10.9. The van der Waals surface area contributed by atoms with Crippen LogP contribution in [0.5, 0.6) is 0 Å². The van der Waals surface area contributed by atoms with Crippen molar-refractivity contribution in [2.24, 2.45) is 0 Å². The largest absolute Gasteiger partial charge is 0.453 e. The van der Waals surface area contributed by atoms with Crippen molar-refractivity contribution in [1.29, 1.82) is 0 Å². The van der Waals surface area contributed by atoms with Crippen molar-refractivity contribution >= 4 is 5.91 Å². The van der Waals surface area contributed by atoms with Gasteiger partial charge in [0.05, 0.1) is 0 Å². The summed E-state index contributed by atoms with van der Waals surface area (Å²) in [6, 6.07) is 0. The predicted octanol–water partition coefficient (Wildman–Crippen LogP) is 1.26. The van der Waals surface area contributed by atoms with Crippen LogP contribution in [0.4, 0.5) is 13.2 Å². The number of amides is 1. The second-order valence-electron chi connectivity index (χ2n) is 3.56. The van der Waals surface area contributed by atoms with E-state index in [4.69, 9.17) is 0 Å². The number of alkyl halides is 3. The third-order valence-electron chi connectivity index (χ3n) is 2.47. The summed E-state index contributed by atoms with van der Waals surface area (Å²) in [6.07, 6.45) is -3.93. The molecule has 0 saturated heterocycles. The zero-order valence-electron chi connectivity index (χ0n) is 8.38. The lowest BCUT2D eigenvalue weighted by molar-refractivity contribution is -0.147. The maximum atomic E-state index is 12.5. The van der Waals surface area contributed by atoms with Gasteiger partial charge in [0.2, 0.25) is 5.91 Å². The molecule has 1 unspecified atom stereocenters. The summed E-state index contributed by atoms with van der Waals surface area (Å²) in [7, 11) is 0. The molecule has 1 aromatic heterocycles. The van der Waals surface area contributed by atoms with E-state index in [-0.39, 0.29) is 18.2 Å². The van der Waals surface area contributed by atoms with Crippen molar-refractivity contribution in [2.75, 3.05) is 5.43 Å². The molecule has 2 heterocycles. The van der Waals surface area contributed by atoms with E-state index in [1.165, 1.54) is 0 Å². The highest BCUT2D eigenvalue weighted by Crippen LogP contribution is 2.32. The van der Waals surface area contributed by atoms with Crippen molar-refractivity contribution in [3.63, 3.8) is 0 Å². The fourth-order valence-corrected chi connectivity index (χ4v) is 1.67. The van der Waals surface area contributed by atoms with Gasteiger partial charge < -0.3 is 0 Å². The van der Waals surface area contributed by atoms with Gasteiger partial charge in [-0.2, -0.15) is 13.2 Å². The van der Waals surface area contributed by atoms with Gasteiger partial charge in [0.25, 0.3) is 5.82 Å². The molecule has 0 saturated carbocycles. The van der Waals surface area contributed by atoms with E-state index in [2.05, 4.69) is 15.6 Å². The first-order valence-electron chi connectivity index (χ1n) is 4.75. The summed E-state index contributed by atoms with van der Waals surface area (Å²) in [6.45, 7) is 1.79. The first-order valence-corrected chi connectivity index (χ1v) is 4.75. The molecule has 1 aliphatic heterocycles. The number of rotatable bonds is 1. The molecule has 0 spiro atoms. The van der Waals surface area contributed by atoms with E-state index in [9.17, 15) is 18.0 Å². The van der Waals surface area contributed by atoms with E-state index in [0.717, 1.165) is 0 Å². The molecule has 0 aliphatic carbocycles. The van der Waals surface area contributed by atoms with Gasteiger partial charge in [0, 0.05) is 12.3 Å². The Morgan fingerprint density at radius 1 is 1.50 bits per heavy atom. The van der Waals surface area contributed by atoms with E-state index in [1.807, 2.05) is 0 Å². The fourth-order valence-electron chi connectivity index (χ4n) is 1.67. The molecule has 88 valence electrons. The van der Waals surface area contributed by atoms with Gasteiger partial charge in [-0.15, -0.1) is 10.2 Å². The van der Waals surface area contributed by atoms with E-state index in [0.29, 0.717) is 11.1 Å². The Morgan fingerprint density at radius 2 is 2.19 bits per heavy atom. The van der Waals surface area contributed by atoms with E-state index >= 15 is 0 Å². The molecule has 0 aromatic carbocycles. The second-order valence-corrected chi connectivity index (χ2v) is 3.56. The molecule has 1 atom stereocenters. The number of aromatic nitrogens is 3. The molecule has 1 N–H and O–H groups in total. The Hall–Kier alpha value is -1.60. The molecule has 5 nitrogen and oxygen atoms in total. The molecule has 1 amide bonds. The molecule has 2 rings (SSSR count). The molecule has 0 bridgehead atoms. The number of carbonyl (C=O) groups excluding carboxylic acids is 1. The highest BCUT2D eigenvalue weighted by atomic mass is 19.4. The summed E-state index contributed by atoms with van der Waals surface area (Å²) in [5, 5.41) is 6.56. The van der Waals surface area contributed by atoms with Crippen LogP contribution in [-0.2, 0) is 11.0 Å². The molecule has 1 aliphatic rings. The number of nitrogens with one attached hydrogen (secondary N) is 1. The zero-order chi connectivity index (χ0) is 11.9. The van der Waals surface area contributed by atoms with Crippen LogP contribution >= 0.6 is 0 Å². The zero-order valence-corrected chi connectivity index (χ0v) is 8.38. The SMILES string of the molecule is CCC1CC(=O)Nn2c1nnc2C(F)(F)F. The van der Waals surface area contributed by atoms with Crippen LogP contribution in [0.25, 0.3) is 0 Å². The third kappa shape index (κ3) is 1.63. The van der Waals surface area contributed by atoms with E-state index < -0.39 is 17.9 Å². The van der Waals surface area contributed by atoms with Crippen molar-refractivity contribution in [2.45, 2.75) is 31.9 Å². The van der Waals surface area contributed by atoms with Gasteiger partial charge in [-0.05, 0) is 6.42 Å². The normalized spacial score (nSPS) is 20.5. The Morgan fingerprint density at radius 3 is 2.75 bits per heavy atom. The monoisotopic (exact) mass is 234 g/mol. The molecule has 1 aromatic rings. The van der Waals surface area contributed by atoms with Crippen LogP contribution in [0.2, 0.25) is 0 Å². The maximum Gasteiger partial charge on any atom is 0.453 e. The number of hydrogen-bond acceptors (Lipinski definition) is 3. The minimum Gasteiger partial charge on any atom is -0.273 e. The Balaban J connectivity index is 2.48. The standard InChI is InChI=1S/C8H9F3N4O/c1-2-4-3-5(16)14-15-6(4)12-13-7(15)8(9,10)11/h4H,2-3H2,1H3,(H,14,16). The quantitative estimate of drug-likeness (QED) is 0.795. The maximum absolute atomic E-state index is 12.5. The summed E-state index contributed by atoms with van der Waals surface area (Å²) < 4.78 is 38.1.